The fraction of sp³-hybridized carbons (Fsp3) is 0.400. The number of hydrogen-bond donors (Lipinski definition) is 3. The van der Waals surface area contributed by atoms with Gasteiger partial charge in [0.1, 0.15) is 11.8 Å². The monoisotopic (exact) mass is 583 g/mol. The van der Waals surface area contributed by atoms with Gasteiger partial charge in [-0.2, -0.15) is 0 Å². The minimum atomic E-state index is -0.617. The van der Waals surface area contributed by atoms with E-state index >= 15 is 0 Å². The van der Waals surface area contributed by atoms with Crippen LogP contribution in [0.15, 0.2) is 84.9 Å². The maximum absolute atomic E-state index is 13.5. The average Bonchev–Trinajstić information content (AvgIpc) is 3.27. The highest BCUT2D eigenvalue weighted by molar-refractivity contribution is 5.86. The molecule has 3 aromatic carbocycles. The summed E-state index contributed by atoms with van der Waals surface area (Å²) in [6, 6.07) is 25.4. The zero-order chi connectivity index (χ0) is 30.0. The van der Waals surface area contributed by atoms with Crippen LogP contribution < -0.4 is 15.4 Å². The molecule has 2 aliphatic rings. The van der Waals surface area contributed by atoms with Gasteiger partial charge in [0.25, 0.3) is 0 Å². The molecular formula is C35H41N3O5. The molecule has 43 heavy (non-hydrogen) atoms. The van der Waals surface area contributed by atoms with Crippen molar-refractivity contribution in [2.24, 2.45) is 5.92 Å². The quantitative estimate of drug-likeness (QED) is 0.309. The van der Waals surface area contributed by atoms with Crippen molar-refractivity contribution in [2.45, 2.75) is 69.5 Å². The van der Waals surface area contributed by atoms with Gasteiger partial charge in [-0.05, 0) is 66.8 Å². The largest absolute Gasteiger partial charge is 0.416 e. The van der Waals surface area contributed by atoms with Crippen LogP contribution in [0.2, 0.25) is 0 Å². The standard InChI is InChI=1S/C35H41N3O5/c39-24-31(27-11-3-1-4-12-27)37-33(40)30-16-8-7-15-29(30)26-20-18-25(19-21-26)23-38(32-17-9-10-22-36-34(32)41)35(42)43-28-13-5-2-6-14-28/h1-6,11-14,18-21,29-32,39H,7-10,15-17,22-24H2,(H,36,41)(H,37,40). The molecular weight excluding hydrogens is 542 g/mol. The molecule has 3 N–H and O–H groups in total. The SMILES string of the molecule is O=C(NC(CO)c1ccccc1)C1CCCCC1c1ccc(CN(C(=O)Oc2ccccc2)C2CCCCNC2=O)cc1. The van der Waals surface area contributed by atoms with E-state index < -0.39 is 18.2 Å². The van der Waals surface area contributed by atoms with E-state index in [9.17, 15) is 19.5 Å². The summed E-state index contributed by atoms with van der Waals surface area (Å²) in [5.41, 5.74) is 2.84. The molecule has 8 heteroatoms. The number of aliphatic hydroxyl groups excluding tert-OH is 1. The third kappa shape index (κ3) is 7.82. The van der Waals surface area contributed by atoms with Crippen LogP contribution in [0.25, 0.3) is 0 Å². The first-order valence-corrected chi connectivity index (χ1v) is 15.4. The van der Waals surface area contributed by atoms with Gasteiger partial charge in [0, 0.05) is 19.0 Å². The molecule has 5 rings (SSSR count). The maximum atomic E-state index is 13.5. The van der Waals surface area contributed by atoms with Gasteiger partial charge in [-0.15, -0.1) is 0 Å². The predicted molar refractivity (Wildman–Crippen MR) is 164 cm³/mol. The number of rotatable bonds is 9. The second-order valence-corrected chi connectivity index (χ2v) is 11.5. The van der Waals surface area contributed by atoms with E-state index in [1.165, 1.54) is 4.90 Å². The van der Waals surface area contributed by atoms with Crippen molar-refractivity contribution in [2.75, 3.05) is 13.2 Å². The van der Waals surface area contributed by atoms with E-state index in [4.69, 9.17) is 4.74 Å². The Balaban J connectivity index is 1.31. The van der Waals surface area contributed by atoms with E-state index in [2.05, 4.69) is 10.6 Å². The van der Waals surface area contributed by atoms with Crippen molar-refractivity contribution in [3.05, 3.63) is 102 Å². The van der Waals surface area contributed by atoms with Crippen LogP contribution in [0.3, 0.4) is 0 Å². The number of amides is 3. The number of benzene rings is 3. The summed E-state index contributed by atoms with van der Waals surface area (Å²) < 4.78 is 5.67. The average molecular weight is 584 g/mol. The Morgan fingerprint density at radius 2 is 1.56 bits per heavy atom. The van der Waals surface area contributed by atoms with Crippen molar-refractivity contribution in [1.82, 2.24) is 15.5 Å². The molecule has 0 aromatic heterocycles. The fourth-order valence-electron chi connectivity index (χ4n) is 6.28. The number of hydrogen-bond acceptors (Lipinski definition) is 5. The number of nitrogens with zero attached hydrogens (tertiary/aromatic N) is 1. The number of carbonyl (C=O) groups is 3. The highest BCUT2D eigenvalue weighted by atomic mass is 16.6. The van der Waals surface area contributed by atoms with Crippen LogP contribution in [0, 0.1) is 5.92 Å². The van der Waals surface area contributed by atoms with Gasteiger partial charge in [-0.3, -0.25) is 14.5 Å². The molecule has 0 radical (unpaired) electrons. The maximum Gasteiger partial charge on any atom is 0.416 e. The number of ether oxygens (including phenoxy) is 1. The van der Waals surface area contributed by atoms with Gasteiger partial charge in [-0.1, -0.05) is 85.6 Å². The molecule has 4 atom stereocenters. The van der Waals surface area contributed by atoms with Gasteiger partial charge in [0.2, 0.25) is 11.8 Å². The van der Waals surface area contributed by atoms with Crippen LogP contribution in [0.1, 0.15) is 73.6 Å². The lowest BCUT2D eigenvalue weighted by molar-refractivity contribution is -0.128. The highest BCUT2D eigenvalue weighted by Gasteiger charge is 2.34. The first-order valence-electron chi connectivity index (χ1n) is 15.4. The summed E-state index contributed by atoms with van der Waals surface area (Å²) in [7, 11) is 0. The van der Waals surface area contributed by atoms with Crippen LogP contribution in [-0.2, 0) is 16.1 Å². The Hall–Kier alpha value is -4.17. The van der Waals surface area contributed by atoms with Crippen molar-refractivity contribution >= 4 is 17.9 Å². The predicted octanol–water partition coefficient (Wildman–Crippen LogP) is 5.48. The molecule has 8 nitrogen and oxygen atoms in total. The van der Waals surface area contributed by atoms with E-state index in [0.717, 1.165) is 55.2 Å². The van der Waals surface area contributed by atoms with E-state index in [1.807, 2.05) is 60.7 Å². The molecule has 2 fully saturated rings. The highest BCUT2D eigenvalue weighted by Crippen LogP contribution is 2.38. The Morgan fingerprint density at radius 3 is 2.28 bits per heavy atom. The summed E-state index contributed by atoms with van der Waals surface area (Å²) in [6.07, 6.45) is 5.47. The van der Waals surface area contributed by atoms with Crippen LogP contribution in [-0.4, -0.2) is 47.1 Å². The van der Waals surface area contributed by atoms with Gasteiger partial charge >= 0.3 is 6.09 Å². The van der Waals surface area contributed by atoms with E-state index in [1.54, 1.807) is 24.3 Å². The van der Waals surface area contributed by atoms with Crippen molar-refractivity contribution in [3.63, 3.8) is 0 Å². The molecule has 1 aliphatic carbocycles. The smallest absolute Gasteiger partial charge is 0.410 e. The number of para-hydroxylation sites is 1. The lowest BCUT2D eigenvalue weighted by atomic mass is 9.74. The molecule has 1 heterocycles. The number of carbonyl (C=O) groups excluding carboxylic acids is 3. The molecule has 0 spiro atoms. The molecule has 1 saturated heterocycles. The minimum absolute atomic E-state index is 0.0362. The molecule has 3 aromatic rings. The van der Waals surface area contributed by atoms with Crippen LogP contribution in [0.4, 0.5) is 4.79 Å². The Morgan fingerprint density at radius 1 is 0.884 bits per heavy atom. The summed E-state index contributed by atoms with van der Waals surface area (Å²) in [5.74, 6) is 0.103. The Bertz CT molecular complexity index is 1350. The minimum Gasteiger partial charge on any atom is -0.410 e. The zero-order valence-electron chi connectivity index (χ0n) is 24.5. The van der Waals surface area contributed by atoms with Crippen molar-refractivity contribution in [1.29, 1.82) is 0 Å². The lowest BCUT2D eigenvalue weighted by Gasteiger charge is -2.32. The summed E-state index contributed by atoms with van der Waals surface area (Å²) in [5, 5.41) is 16.0. The Labute approximate surface area is 253 Å². The second kappa shape index (κ2) is 14.8. The van der Waals surface area contributed by atoms with Crippen molar-refractivity contribution < 1.29 is 24.2 Å². The third-order valence-electron chi connectivity index (χ3n) is 8.63. The van der Waals surface area contributed by atoms with Crippen molar-refractivity contribution in [3.8, 4) is 5.75 Å². The molecule has 1 saturated carbocycles. The van der Waals surface area contributed by atoms with Gasteiger partial charge in [-0.25, -0.2) is 4.79 Å². The van der Waals surface area contributed by atoms with E-state index in [0.29, 0.717) is 18.7 Å². The Kier molecular flexibility index (Phi) is 10.4. The van der Waals surface area contributed by atoms with Gasteiger partial charge in [0.05, 0.1) is 12.6 Å². The fourth-order valence-corrected chi connectivity index (χ4v) is 6.28. The molecule has 4 unspecified atom stereocenters. The van der Waals surface area contributed by atoms with Crippen LogP contribution >= 0.6 is 0 Å². The second-order valence-electron chi connectivity index (χ2n) is 11.5. The molecule has 226 valence electrons. The number of nitrogens with one attached hydrogen (secondary N) is 2. The first kappa shape index (κ1) is 30.3. The van der Waals surface area contributed by atoms with E-state index in [-0.39, 0.29) is 36.8 Å². The topological polar surface area (TPSA) is 108 Å². The van der Waals surface area contributed by atoms with Crippen LogP contribution in [0.5, 0.6) is 5.75 Å². The zero-order valence-corrected chi connectivity index (χ0v) is 24.5. The summed E-state index contributed by atoms with van der Waals surface area (Å²) in [6.45, 7) is 0.671. The van der Waals surface area contributed by atoms with Gasteiger partial charge in [0.15, 0.2) is 0 Å². The lowest BCUT2D eigenvalue weighted by Crippen LogP contribution is -2.49. The third-order valence-corrected chi connectivity index (χ3v) is 8.63. The molecule has 3 amide bonds. The summed E-state index contributed by atoms with van der Waals surface area (Å²) >= 11 is 0. The van der Waals surface area contributed by atoms with Gasteiger partial charge < -0.3 is 20.5 Å². The summed E-state index contributed by atoms with van der Waals surface area (Å²) in [4.78, 5) is 41.3. The molecule has 0 bridgehead atoms. The molecule has 1 aliphatic heterocycles. The normalized spacial score (nSPS) is 21.1. The first-order chi connectivity index (χ1) is 21.0. The number of aliphatic hydroxyl groups is 1.